The Balaban J connectivity index is 1.68. The molecule has 4 rings (SSSR count). The number of nitrogens with zero attached hydrogens (tertiary/aromatic N) is 2. The second-order valence-corrected chi connectivity index (χ2v) is 12.6. The van der Waals surface area contributed by atoms with E-state index < -0.39 is 33.4 Å². The molecule has 3 heterocycles. The average Bonchev–Trinajstić information content (AvgIpc) is 3.46. The number of anilines is 2. The van der Waals surface area contributed by atoms with E-state index in [9.17, 15) is 19.5 Å². The van der Waals surface area contributed by atoms with Gasteiger partial charge in [0.05, 0.1) is 29.2 Å². The molecular weight excluding hydrogens is 488 g/mol. The molecule has 1 aromatic rings. The molecule has 3 saturated heterocycles. The van der Waals surface area contributed by atoms with Crippen molar-refractivity contribution in [3.63, 3.8) is 0 Å². The zero-order valence-electron chi connectivity index (χ0n) is 22.8. The fourth-order valence-electron chi connectivity index (χ4n) is 6.78. The maximum Gasteiger partial charge on any atom is 0.248 e. The Morgan fingerprint density at radius 3 is 2.38 bits per heavy atom. The van der Waals surface area contributed by atoms with Crippen molar-refractivity contribution in [3.8, 4) is 0 Å². The fourth-order valence-corrected chi connectivity index (χ4v) is 9.13. The molecule has 2 bridgehead atoms. The van der Waals surface area contributed by atoms with Gasteiger partial charge in [-0.25, -0.2) is 0 Å². The maximum absolute atomic E-state index is 14.1. The van der Waals surface area contributed by atoms with Crippen LogP contribution in [0.2, 0.25) is 0 Å². The highest BCUT2D eigenvalue weighted by atomic mass is 32.2. The van der Waals surface area contributed by atoms with E-state index in [2.05, 4.69) is 36.3 Å². The highest BCUT2D eigenvalue weighted by molar-refractivity contribution is 8.02. The normalized spacial score (nSPS) is 30.8. The van der Waals surface area contributed by atoms with Gasteiger partial charge in [-0.3, -0.25) is 14.4 Å². The summed E-state index contributed by atoms with van der Waals surface area (Å²) in [5.74, 6) is -1.58. The van der Waals surface area contributed by atoms with Crippen molar-refractivity contribution < 1.29 is 19.5 Å². The summed E-state index contributed by atoms with van der Waals surface area (Å²) in [6.07, 6.45) is 2.82. The molecule has 2 unspecified atom stereocenters. The Morgan fingerprint density at radius 1 is 1.14 bits per heavy atom. The molecule has 9 heteroatoms. The first kappa shape index (κ1) is 27.8. The zero-order valence-corrected chi connectivity index (χ0v) is 23.6. The van der Waals surface area contributed by atoms with Gasteiger partial charge < -0.3 is 25.5 Å². The van der Waals surface area contributed by atoms with Crippen LogP contribution in [0, 0.1) is 11.8 Å². The van der Waals surface area contributed by atoms with Gasteiger partial charge in [0.15, 0.2) is 0 Å². The fraction of sp³-hybridized carbons (Fsp3) is 0.679. The molecule has 3 aliphatic heterocycles. The third-order valence-corrected chi connectivity index (χ3v) is 10.6. The molecular formula is C28H42N4O4S. The predicted molar refractivity (Wildman–Crippen MR) is 149 cm³/mol. The van der Waals surface area contributed by atoms with Crippen LogP contribution in [0.3, 0.4) is 0 Å². The number of carbonyl (C=O) groups is 3. The molecule has 3 N–H and O–H groups in total. The molecule has 3 aliphatic rings. The molecule has 3 fully saturated rings. The number of aliphatic hydroxyl groups is 1. The summed E-state index contributed by atoms with van der Waals surface area (Å²) in [6, 6.07) is 6.56. The number of carbonyl (C=O) groups excluding carboxylic acids is 3. The summed E-state index contributed by atoms with van der Waals surface area (Å²) < 4.78 is -1.08. The van der Waals surface area contributed by atoms with Gasteiger partial charge in [0, 0.05) is 35.8 Å². The third kappa shape index (κ3) is 4.52. The number of benzene rings is 1. The summed E-state index contributed by atoms with van der Waals surface area (Å²) >= 11 is 1.65. The number of amides is 3. The molecule has 0 aromatic heterocycles. The molecule has 1 aromatic carbocycles. The zero-order chi connectivity index (χ0) is 27.0. The van der Waals surface area contributed by atoms with Crippen LogP contribution in [0.15, 0.2) is 24.3 Å². The number of thioether (sulfide) groups is 1. The highest BCUT2D eigenvalue weighted by Gasteiger charge is 2.77. The van der Waals surface area contributed by atoms with E-state index in [1.165, 1.54) is 0 Å². The third-order valence-electron chi connectivity index (χ3n) is 8.63. The van der Waals surface area contributed by atoms with Crippen molar-refractivity contribution >= 4 is 40.9 Å². The number of fused-ring (bicyclic) bond motifs is 1. The van der Waals surface area contributed by atoms with E-state index in [1.54, 1.807) is 16.7 Å². The number of aliphatic hydroxyl groups excluding tert-OH is 1. The van der Waals surface area contributed by atoms with Crippen LogP contribution in [0.25, 0.3) is 0 Å². The van der Waals surface area contributed by atoms with Crippen LogP contribution in [0.4, 0.5) is 11.4 Å². The van der Waals surface area contributed by atoms with E-state index >= 15 is 0 Å². The molecule has 3 amide bonds. The minimum Gasteiger partial charge on any atom is -0.394 e. The lowest BCUT2D eigenvalue weighted by molar-refractivity contribution is -0.142. The first-order valence-corrected chi connectivity index (χ1v) is 14.6. The van der Waals surface area contributed by atoms with Crippen LogP contribution < -0.4 is 15.5 Å². The Labute approximate surface area is 224 Å². The largest absolute Gasteiger partial charge is 0.394 e. The minimum atomic E-state index is -0.750. The molecule has 204 valence electrons. The van der Waals surface area contributed by atoms with E-state index in [0.29, 0.717) is 25.1 Å². The van der Waals surface area contributed by atoms with Crippen LogP contribution in [-0.4, -0.2) is 75.5 Å². The van der Waals surface area contributed by atoms with Crippen molar-refractivity contribution in [2.45, 2.75) is 81.9 Å². The molecule has 0 radical (unpaired) electrons. The van der Waals surface area contributed by atoms with E-state index in [4.69, 9.17) is 0 Å². The van der Waals surface area contributed by atoms with E-state index in [0.717, 1.165) is 31.6 Å². The van der Waals surface area contributed by atoms with Gasteiger partial charge in [0.1, 0.15) is 6.04 Å². The molecule has 6 atom stereocenters. The van der Waals surface area contributed by atoms with Crippen LogP contribution in [0.1, 0.15) is 60.3 Å². The first-order valence-electron chi connectivity index (χ1n) is 13.8. The number of hydrogen-bond donors (Lipinski definition) is 3. The summed E-state index contributed by atoms with van der Waals surface area (Å²) in [5, 5.41) is 16.3. The van der Waals surface area contributed by atoms with Crippen LogP contribution in [0.5, 0.6) is 0 Å². The van der Waals surface area contributed by atoms with Crippen molar-refractivity contribution in [1.29, 1.82) is 0 Å². The molecule has 37 heavy (non-hydrogen) atoms. The highest BCUT2D eigenvalue weighted by Crippen LogP contribution is 2.71. The maximum atomic E-state index is 14.1. The smallest absolute Gasteiger partial charge is 0.248 e. The van der Waals surface area contributed by atoms with E-state index in [1.807, 2.05) is 38.1 Å². The monoisotopic (exact) mass is 530 g/mol. The van der Waals surface area contributed by atoms with Gasteiger partial charge in [-0.2, -0.15) is 0 Å². The summed E-state index contributed by atoms with van der Waals surface area (Å²) in [7, 11) is 0. The van der Waals surface area contributed by atoms with Gasteiger partial charge in [-0.15, -0.1) is 11.8 Å². The standard InChI is InChI=1S/C28H42N4O4S/c1-6-16-29-24(34)21-22-26(36)32(19(7-2)17-33)23(28(22)15-14-27(21,5)37-28)25(35)30-18-10-12-20(13-11-18)31(8-3)9-4/h10-13,19,21-23,33H,6-9,14-17H2,1-5H3,(H,29,34)(H,30,35)/t19-,21-,22-,23?,27+,28?/m0/s1. The number of nitrogens with one attached hydrogen (secondary N) is 2. The summed E-state index contributed by atoms with van der Waals surface area (Å²) in [5.41, 5.74) is 1.76. The second kappa shape index (κ2) is 10.8. The Hall–Kier alpha value is -2.26. The van der Waals surface area contributed by atoms with Gasteiger partial charge in [0.25, 0.3) is 0 Å². The second-order valence-electron chi connectivity index (χ2n) is 10.7. The minimum absolute atomic E-state index is 0.0955. The Kier molecular flexibility index (Phi) is 8.14. The lowest BCUT2D eigenvalue weighted by atomic mass is 9.66. The molecule has 8 nitrogen and oxygen atoms in total. The predicted octanol–water partition coefficient (Wildman–Crippen LogP) is 3.25. The molecule has 0 saturated carbocycles. The molecule has 0 aliphatic carbocycles. The number of likely N-dealkylation sites (tertiary alicyclic amines) is 1. The van der Waals surface area contributed by atoms with Crippen molar-refractivity contribution in [3.05, 3.63) is 24.3 Å². The summed E-state index contributed by atoms with van der Waals surface area (Å²) in [6.45, 7) is 12.3. The van der Waals surface area contributed by atoms with Crippen molar-refractivity contribution in [2.75, 3.05) is 36.5 Å². The van der Waals surface area contributed by atoms with Crippen LogP contribution in [-0.2, 0) is 14.4 Å². The lowest BCUT2D eigenvalue weighted by Gasteiger charge is -2.36. The lowest BCUT2D eigenvalue weighted by Crippen LogP contribution is -2.54. The van der Waals surface area contributed by atoms with Gasteiger partial charge in [0.2, 0.25) is 17.7 Å². The first-order chi connectivity index (χ1) is 17.7. The van der Waals surface area contributed by atoms with Gasteiger partial charge >= 0.3 is 0 Å². The van der Waals surface area contributed by atoms with Crippen molar-refractivity contribution in [2.24, 2.45) is 11.8 Å². The SMILES string of the molecule is CCCNC(=O)[C@@H]1[C@H]2C(=O)N([C@@H](CC)CO)C(C(=O)Nc3ccc(N(CC)CC)cc3)C23CC[C@@]1(C)S3. The average molecular weight is 531 g/mol. The van der Waals surface area contributed by atoms with Crippen LogP contribution >= 0.6 is 11.8 Å². The Morgan fingerprint density at radius 2 is 1.81 bits per heavy atom. The van der Waals surface area contributed by atoms with Gasteiger partial charge in [-0.05, 0) is 70.7 Å². The number of hydrogen-bond acceptors (Lipinski definition) is 6. The van der Waals surface area contributed by atoms with E-state index in [-0.39, 0.29) is 24.3 Å². The quantitative estimate of drug-likeness (QED) is 0.406. The van der Waals surface area contributed by atoms with Crippen molar-refractivity contribution in [1.82, 2.24) is 10.2 Å². The Bertz CT molecular complexity index is 1010. The summed E-state index contributed by atoms with van der Waals surface area (Å²) in [4.78, 5) is 45.3. The number of rotatable bonds is 11. The molecule has 1 spiro atoms. The topological polar surface area (TPSA) is 102 Å². The van der Waals surface area contributed by atoms with Gasteiger partial charge in [-0.1, -0.05) is 13.8 Å².